The Morgan fingerprint density at radius 2 is 1.58 bits per heavy atom. The minimum Gasteiger partial charge on any atom is -0.428 e. The van der Waals surface area contributed by atoms with E-state index >= 15 is 0 Å². The molecule has 0 unspecified atom stereocenters. The van der Waals surface area contributed by atoms with Crippen molar-refractivity contribution in [3.63, 3.8) is 0 Å². The van der Waals surface area contributed by atoms with Gasteiger partial charge in [0.1, 0.15) is 12.2 Å². The van der Waals surface area contributed by atoms with Crippen LogP contribution in [-0.2, 0) is 0 Å². The maximum absolute atomic E-state index is 10.3. The fraction of sp³-hybridized carbons (Fsp3) is 0.632. The van der Waals surface area contributed by atoms with E-state index in [0.29, 0.717) is 29.5 Å². The number of nitrogens with zero attached hydrogens (tertiary/aromatic N) is 8. The van der Waals surface area contributed by atoms with Crippen molar-refractivity contribution in [1.82, 2.24) is 56.1 Å². The lowest BCUT2D eigenvalue weighted by atomic mass is 10.2. The molecule has 33 heavy (non-hydrogen) atoms. The van der Waals surface area contributed by atoms with Crippen LogP contribution in [0.1, 0.15) is 102 Å². The molecular formula is C19H33N11O3. The molecule has 0 radical (unpaired) electrons. The molecule has 0 saturated carbocycles. The van der Waals surface area contributed by atoms with Crippen LogP contribution in [0.4, 0.5) is 0 Å². The summed E-state index contributed by atoms with van der Waals surface area (Å²) in [6.45, 7) is 16.0. The predicted molar refractivity (Wildman–Crippen MR) is 118 cm³/mol. The van der Waals surface area contributed by atoms with E-state index in [0.717, 1.165) is 11.6 Å². The molecule has 0 aliphatic rings. The van der Waals surface area contributed by atoms with Gasteiger partial charge in [-0.25, -0.2) is 9.78 Å². The third-order valence-electron chi connectivity index (χ3n) is 3.73. The van der Waals surface area contributed by atoms with Gasteiger partial charge in [0, 0.05) is 23.7 Å². The van der Waals surface area contributed by atoms with Gasteiger partial charge in [-0.05, 0) is 0 Å². The van der Waals surface area contributed by atoms with E-state index in [1.54, 1.807) is 0 Å². The molecule has 4 aromatic heterocycles. The van der Waals surface area contributed by atoms with Crippen molar-refractivity contribution in [2.45, 2.75) is 79.1 Å². The Kier molecular flexibility index (Phi) is 11.9. The second-order valence-corrected chi connectivity index (χ2v) is 8.02. The number of nitrogens with one attached hydrogen (secondary N) is 3. The van der Waals surface area contributed by atoms with Crippen molar-refractivity contribution in [3.05, 3.63) is 46.6 Å². The molecule has 0 aromatic carbocycles. The first-order valence-electron chi connectivity index (χ1n) is 10.5. The molecule has 0 atom stereocenters. The number of tetrazole rings is 1. The van der Waals surface area contributed by atoms with Crippen molar-refractivity contribution in [2.75, 3.05) is 0 Å². The number of aromatic amines is 3. The molecule has 3 N–H and O–H groups in total. The van der Waals surface area contributed by atoms with E-state index in [1.807, 2.05) is 41.5 Å². The summed E-state index contributed by atoms with van der Waals surface area (Å²) < 4.78 is 9.14. The van der Waals surface area contributed by atoms with Crippen LogP contribution in [0.3, 0.4) is 0 Å². The molecule has 14 nitrogen and oxygen atoms in total. The van der Waals surface area contributed by atoms with Crippen molar-refractivity contribution < 1.29 is 8.94 Å². The molecule has 0 aliphatic carbocycles. The average molecular weight is 464 g/mol. The van der Waals surface area contributed by atoms with Gasteiger partial charge in [-0.15, -0.1) is 20.4 Å². The largest absolute Gasteiger partial charge is 0.438 e. The summed E-state index contributed by atoms with van der Waals surface area (Å²) in [5.41, 5.74) is 0. The van der Waals surface area contributed by atoms with Crippen LogP contribution in [0, 0.1) is 0 Å². The Morgan fingerprint density at radius 3 is 1.82 bits per heavy atom. The standard InChI is InChI=1S/C5H9N3.C5H8N2O2.C5H8N2O.C4H8N4/c1-4(2)5-6-3-7-8-5;1-3(2)4-6-5(8)9-7-4;1-4(2)5-7-6-3-8-5;1-3(2)4-5-7-8-6-4/h3-4H,1-2H3,(H,6,7,8);3H,1-2H3,(H,6,7,8);3-4H,1-2H3;3H,1-2H3,(H,5,6,7,8). The smallest absolute Gasteiger partial charge is 0.428 e. The van der Waals surface area contributed by atoms with Gasteiger partial charge < -0.3 is 4.42 Å². The maximum atomic E-state index is 10.3. The monoisotopic (exact) mass is 463 g/mol. The molecule has 0 bridgehead atoms. The SMILES string of the molecule is CC(C)c1ncn[nH]1.CC(C)c1nn[nH]n1.CC(C)c1nnco1.CC(C)c1noc(=O)[nH]1. The lowest BCUT2D eigenvalue weighted by molar-refractivity contribution is 0.379. The highest BCUT2D eigenvalue weighted by Gasteiger charge is 2.03. The number of aromatic nitrogens is 11. The van der Waals surface area contributed by atoms with Crippen molar-refractivity contribution in [1.29, 1.82) is 0 Å². The van der Waals surface area contributed by atoms with Gasteiger partial charge in [0.15, 0.2) is 11.6 Å². The molecule has 0 amide bonds. The molecular weight excluding hydrogens is 430 g/mol. The summed E-state index contributed by atoms with van der Waals surface area (Å²) in [5.74, 6) is 3.92. The van der Waals surface area contributed by atoms with Crippen molar-refractivity contribution in [2.24, 2.45) is 0 Å². The summed E-state index contributed by atoms with van der Waals surface area (Å²) in [7, 11) is 0. The highest BCUT2D eigenvalue weighted by molar-refractivity contribution is 4.86. The minimum atomic E-state index is -0.487. The molecule has 4 heterocycles. The van der Waals surface area contributed by atoms with Crippen LogP contribution >= 0.6 is 0 Å². The van der Waals surface area contributed by atoms with Crippen LogP contribution in [0.2, 0.25) is 0 Å². The molecule has 0 fully saturated rings. The number of H-pyrrole nitrogens is 3. The molecule has 182 valence electrons. The van der Waals surface area contributed by atoms with Crippen LogP contribution in [0.15, 0.2) is 26.5 Å². The zero-order valence-electron chi connectivity index (χ0n) is 20.3. The van der Waals surface area contributed by atoms with Gasteiger partial charge >= 0.3 is 5.76 Å². The van der Waals surface area contributed by atoms with E-state index in [2.05, 4.69) is 74.5 Å². The highest BCUT2D eigenvalue weighted by Crippen LogP contribution is 2.08. The van der Waals surface area contributed by atoms with Crippen LogP contribution < -0.4 is 5.76 Å². The molecule has 0 aliphatic heterocycles. The fourth-order valence-electron chi connectivity index (χ4n) is 1.83. The fourth-order valence-corrected chi connectivity index (χ4v) is 1.83. The van der Waals surface area contributed by atoms with E-state index in [-0.39, 0.29) is 5.92 Å². The van der Waals surface area contributed by atoms with Crippen molar-refractivity contribution in [3.8, 4) is 0 Å². The number of hydrogen-bond donors (Lipinski definition) is 3. The summed E-state index contributed by atoms with van der Waals surface area (Å²) in [4.78, 5) is 16.7. The minimum absolute atomic E-state index is 0.219. The number of rotatable bonds is 4. The Hall–Kier alpha value is -3.71. The van der Waals surface area contributed by atoms with Gasteiger partial charge in [0.2, 0.25) is 12.3 Å². The Labute approximate surface area is 191 Å². The molecule has 0 saturated heterocycles. The summed E-state index contributed by atoms with van der Waals surface area (Å²) in [6.07, 6.45) is 2.87. The Bertz CT molecular complexity index is 911. The number of hydrogen-bond acceptors (Lipinski definition) is 11. The van der Waals surface area contributed by atoms with Gasteiger partial charge in [0.25, 0.3) is 0 Å². The topological polar surface area (TPSA) is 194 Å². The average Bonchev–Trinajstić information content (AvgIpc) is 3.58. The van der Waals surface area contributed by atoms with E-state index in [9.17, 15) is 4.79 Å². The van der Waals surface area contributed by atoms with Crippen molar-refractivity contribution >= 4 is 0 Å². The van der Waals surface area contributed by atoms with E-state index in [4.69, 9.17) is 4.42 Å². The van der Waals surface area contributed by atoms with Gasteiger partial charge in [-0.2, -0.15) is 10.3 Å². The zero-order valence-corrected chi connectivity index (χ0v) is 20.3. The maximum Gasteiger partial charge on any atom is 0.438 e. The van der Waals surface area contributed by atoms with Crippen LogP contribution in [0.5, 0.6) is 0 Å². The normalized spacial score (nSPS) is 10.4. The van der Waals surface area contributed by atoms with Crippen LogP contribution in [-0.4, -0.2) is 56.1 Å². The highest BCUT2D eigenvalue weighted by atomic mass is 16.5. The molecule has 0 spiro atoms. The van der Waals surface area contributed by atoms with E-state index in [1.165, 1.54) is 12.7 Å². The first-order chi connectivity index (χ1) is 15.6. The summed E-state index contributed by atoms with van der Waals surface area (Å²) >= 11 is 0. The lowest BCUT2D eigenvalue weighted by Gasteiger charge is -1.93. The Balaban J connectivity index is 0.000000220. The third kappa shape index (κ3) is 10.9. The Morgan fingerprint density at radius 1 is 0.879 bits per heavy atom. The third-order valence-corrected chi connectivity index (χ3v) is 3.73. The second kappa shape index (κ2) is 14.4. The molecule has 4 rings (SSSR count). The molecule has 14 heteroatoms. The summed E-state index contributed by atoms with van der Waals surface area (Å²) in [5, 5.41) is 30.5. The van der Waals surface area contributed by atoms with Gasteiger partial charge in [0.05, 0.1) is 0 Å². The van der Waals surface area contributed by atoms with Crippen LogP contribution in [0.25, 0.3) is 0 Å². The summed E-state index contributed by atoms with van der Waals surface area (Å²) in [6, 6.07) is 0. The quantitative estimate of drug-likeness (QED) is 0.402. The second-order valence-electron chi connectivity index (χ2n) is 8.02. The first-order valence-corrected chi connectivity index (χ1v) is 10.5. The lowest BCUT2D eigenvalue weighted by Crippen LogP contribution is -1.97. The zero-order chi connectivity index (χ0) is 24.8. The van der Waals surface area contributed by atoms with Gasteiger partial charge in [-0.3, -0.25) is 14.6 Å². The van der Waals surface area contributed by atoms with Gasteiger partial charge in [-0.1, -0.05) is 65.8 Å². The van der Waals surface area contributed by atoms with E-state index < -0.39 is 5.76 Å². The molecule has 4 aromatic rings. The first kappa shape index (κ1) is 27.3. The predicted octanol–water partition coefficient (Wildman–Crippen LogP) is 2.93.